The van der Waals surface area contributed by atoms with Gasteiger partial charge in [0.25, 0.3) is 0 Å². The van der Waals surface area contributed by atoms with Crippen molar-refractivity contribution in [3.05, 3.63) is 41.9 Å². The molecule has 1 fully saturated rings. The second-order valence-corrected chi connectivity index (χ2v) is 5.60. The van der Waals surface area contributed by atoms with Crippen molar-refractivity contribution in [3.63, 3.8) is 0 Å². The standard InChI is InChI=1S/C16H21N5O/c1-12-5-7-17-16(19-12)20-14-6-8-21(11-14)10-13-3-4-15(22-2)18-9-13/h3-5,7,9,14H,6,8,10-11H2,1-2H3,(H,17,19,20). The molecule has 0 amide bonds. The molecule has 22 heavy (non-hydrogen) atoms. The minimum absolute atomic E-state index is 0.396. The number of aryl methyl sites for hydroxylation is 1. The number of hydrogen-bond acceptors (Lipinski definition) is 6. The Kier molecular flexibility index (Phi) is 4.48. The van der Waals surface area contributed by atoms with E-state index >= 15 is 0 Å². The summed E-state index contributed by atoms with van der Waals surface area (Å²) in [5.74, 6) is 1.37. The van der Waals surface area contributed by atoms with Crippen molar-refractivity contribution < 1.29 is 4.74 Å². The van der Waals surface area contributed by atoms with Crippen LogP contribution in [0.5, 0.6) is 5.88 Å². The third-order valence-electron chi connectivity index (χ3n) is 3.81. The zero-order valence-electron chi connectivity index (χ0n) is 13.0. The van der Waals surface area contributed by atoms with E-state index < -0.39 is 0 Å². The van der Waals surface area contributed by atoms with Gasteiger partial charge in [0, 0.05) is 49.8 Å². The molecule has 1 atom stereocenters. The molecular weight excluding hydrogens is 278 g/mol. The van der Waals surface area contributed by atoms with Gasteiger partial charge in [-0.05, 0) is 25.0 Å². The first kappa shape index (κ1) is 14.7. The lowest BCUT2D eigenvalue weighted by atomic mass is 10.2. The molecule has 0 aromatic carbocycles. The average Bonchev–Trinajstić information content (AvgIpc) is 2.95. The van der Waals surface area contributed by atoms with Crippen LogP contribution in [-0.4, -0.2) is 46.1 Å². The van der Waals surface area contributed by atoms with E-state index in [-0.39, 0.29) is 0 Å². The van der Waals surface area contributed by atoms with Crippen LogP contribution in [-0.2, 0) is 6.54 Å². The fourth-order valence-electron chi connectivity index (χ4n) is 2.68. The van der Waals surface area contributed by atoms with Gasteiger partial charge >= 0.3 is 0 Å². The zero-order valence-corrected chi connectivity index (χ0v) is 13.0. The molecule has 2 aromatic rings. The normalized spacial score (nSPS) is 18.4. The second kappa shape index (κ2) is 6.70. The van der Waals surface area contributed by atoms with Gasteiger partial charge < -0.3 is 10.1 Å². The summed E-state index contributed by atoms with van der Waals surface area (Å²) >= 11 is 0. The third kappa shape index (κ3) is 3.71. The molecule has 2 aromatic heterocycles. The first-order valence-corrected chi connectivity index (χ1v) is 7.50. The molecule has 0 spiro atoms. The molecule has 1 N–H and O–H groups in total. The Labute approximate surface area is 130 Å². The van der Waals surface area contributed by atoms with Crippen LogP contribution in [0.1, 0.15) is 17.7 Å². The minimum atomic E-state index is 0.396. The van der Waals surface area contributed by atoms with Crippen molar-refractivity contribution in [2.24, 2.45) is 0 Å². The van der Waals surface area contributed by atoms with Crippen molar-refractivity contribution in [1.82, 2.24) is 19.9 Å². The number of ether oxygens (including phenoxy) is 1. The average molecular weight is 299 g/mol. The summed E-state index contributed by atoms with van der Waals surface area (Å²) in [6.45, 7) is 4.94. The molecule has 3 rings (SSSR count). The van der Waals surface area contributed by atoms with E-state index in [1.54, 1.807) is 13.3 Å². The van der Waals surface area contributed by atoms with Crippen molar-refractivity contribution >= 4 is 5.95 Å². The van der Waals surface area contributed by atoms with Crippen LogP contribution in [0.25, 0.3) is 0 Å². The van der Waals surface area contributed by atoms with Crippen LogP contribution >= 0.6 is 0 Å². The Balaban J connectivity index is 1.53. The van der Waals surface area contributed by atoms with Crippen molar-refractivity contribution in [1.29, 1.82) is 0 Å². The topological polar surface area (TPSA) is 63.2 Å². The predicted molar refractivity (Wildman–Crippen MR) is 84.9 cm³/mol. The van der Waals surface area contributed by atoms with Crippen LogP contribution in [0, 0.1) is 6.92 Å². The highest BCUT2D eigenvalue weighted by molar-refractivity contribution is 5.27. The van der Waals surface area contributed by atoms with Gasteiger partial charge in [-0.3, -0.25) is 4.90 Å². The molecule has 0 saturated carbocycles. The van der Waals surface area contributed by atoms with E-state index in [1.807, 2.05) is 25.3 Å². The number of nitrogens with zero attached hydrogens (tertiary/aromatic N) is 4. The van der Waals surface area contributed by atoms with Gasteiger partial charge in [0.15, 0.2) is 0 Å². The molecule has 1 saturated heterocycles. The van der Waals surface area contributed by atoms with Gasteiger partial charge in [-0.2, -0.15) is 0 Å². The Hall–Kier alpha value is -2.21. The van der Waals surface area contributed by atoms with Gasteiger partial charge in [0.05, 0.1) is 7.11 Å². The number of aromatic nitrogens is 3. The van der Waals surface area contributed by atoms with Gasteiger partial charge in [-0.1, -0.05) is 6.07 Å². The van der Waals surface area contributed by atoms with E-state index in [2.05, 4.69) is 31.2 Å². The highest BCUT2D eigenvalue weighted by Gasteiger charge is 2.23. The zero-order chi connectivity index (χ0) is 15.4. The maximum atomic E-state index is 5.08. The van der Waals surface area contributed by atoms with Crippen LogP contribution < -0.4 is 10.1 Å². The molecule has 1 aliphatic heterocycles. The maximum absolute atomic E-state index is 5.08. The van der Waals surface area contributed by atoms with Gasteiger partial charge in [0.2, 0.25) is 11.8 Å². The number of hydrogen-bond donors (Lipinski definition) is 1. The molecule has 116 valence electrons. The number of pyridine rings is 1. The Bertz CT molecular complexity index is 616. The lowest BCUT2D eigenvalue weighted by Gasteiger charge is -2.16. The molecular formula is C16H21N5O. The molecule has 3 heterocycles. The Morgan fingerprint density at radius 3 is 2.95 bits per heavy atom. The summed E-state index contributed by atoms with van der Waals surface area (Å²) < 4.78 is 5.08. The summed E-state index contributed by atoms with van der Waals surface area (Å²) in [5.41, 5.74) is 2.19. The first-order valence-electron chi connectivity index (χ1n) is 7.50. The molecule has 1 aliphatic rings. The number of methoxy groups -OCH3 is 1. The summed E-state index contributed by atoms with van der Waals surface area (Å²) in [4.78, 5) is 15.3. The van der Waals surface area contributed by atoms with E-state index in [4.69, 9.17) is 4.74 Å². The minimum Gasteiger partial charge on any atom is -0.481 e. The molecule has 0 aliphatic carbocycles. The number of likely N-dealkylation sites (tertiary alicyclic amines) is 1. The van der Waals surface area contributed by atoms with Crippen LogP contribution in [0.4, 0.5) is 5.95 Å². The number of rotatable bonds is 5. The Morgan fingerprint density at radius 1 is 1.32 bits per heavy atom. The third-order valence-corrected chi connectivity index (χ3v) is 3.81. The molecule has 1 unspecified atom stereocenters. The molecule has 0 bridgehead atoms. The summed E-state index contributed by atoms with van der Waals surface area (Å²) in [5, 5.41) is 3.42. The monoisotopic (exact) mass is 299 g/mol. The van der Waals surface area contributed by atoms with Gasteiger partial charge in [-0.15, -0.1) is 0 Å². The summed E-state index contributed by atoms with van der Waals surface area (Å²) in [6.07, 6.45) is 4.77. The number of nitrogens with one attached hydrogen (secondary N) is 1. The predicted octanol–water partition coefficient (Wildman–Crippen LogP) is 1.88. The van der Waals surface area contributed by atoms with Crippen LogP contribution in [0.2, 0.25) is 0 Å². The summed E-state index contributed by atoms with van der Waals surface area (Å²) in [7, 11) is 1.63. The quantitative estimate of drug-likeness (QED) is 0.909. The Morgan fingerprint density at radius 2 is 2.23 bits per heavy atom. The molecule has 6 nitrogen and oxygen atoms in total. The fourth-order valence-corrected chi connectivity index (χ4v) is 2.68. The lowest BCUT2D eigenvalue weighted by molar-refractivity contribution is 0.327. The largest absolute Gasteiger partial charge is 0.481 e. The van der Waals surface area contributed by atoms with Gasteiger partial charge in [0.1, 0.15) is 0 Å². The highest BCUT2D eigenvalue weighted by Crippen LogP contribution is 2.17. The van der Waals surface area contributed by atoms with Crippen LogP contribution in [0.15, 0.2) is 30.6 Å². The van der Waals surface area contributed by atoms with E-state index in [0.29, 0.717) is 11.9 Å². The smallest absolute Gasteiger partial charge is 0.223 e. The van der Waals surface area contributed by atoms with Gasteiger partial charge in [-0.25, -0.2) is 15.0 Å². The van der Waals surface area contributed by atoms with Crippen molar-refractivity contribution in [3.8, 4) is 5.88 Å². The van der Waals surface area contributed by atoms with E-state index in [0.717, 1.165) is 37.7 Å². The summed E-state index contributed by atoms with van der Waals surface area (Å²) in [6, 6.07) is 6.27. The SMILES string of the molecule is COc1ccc(CN2CCC(Nc3nccc(C)n3)C2)cn1. The fraction of sp³-hybridized carbons (Fsp3) is 0.438. The van der Waals surface area contributed by atoms with E-state index in [9.17, 15) is 0 Å². The lowest BCUT2D eigenvalue weighted by Crippen LogP contribution is -2.26. The first-order chi connectivity index (χ1) is 10.7. The van der Waals surface area contributed by atoms with Crippen molar-refractivity contribution in [2.45, 2.75) is 25.9 Å². The second-order valence-electron chi connectivity index (χ2n) is 5.60. The van der Waals surface area contributed by atoms with Crippen molar-refractivity contribution in [2.75, 3.05) is 25.5 Å². The number of anilines is 1. The van der Waals surface area contributed by atoms with E-state index in [1.165, 1.54) is 5.56 Å². The molecule has 0 radical (unpaired) electrons. The molecule has 6 heteroatoms. The van der Waals surface area contributed by atoms with Crippen LogP contribution in [0.3, 0.4) is 0 Å². The maximum Gasteiger partial charge on any atom is 0.223 e. The highest BCUT2D eigenvalue weighted by atomic mass is 16.5.